The number of ether oxygens (including phenoxy) is 3. The molecule has 8 nitrogen and oxygen atoms in total. The molecule has 0 amide bonds. The van der Waals surface area contributed by atoms with Crippen LogP contribution in [0.2, 0.25) is 0 Å². The van der Waals surface area contributed by atoms with Crippen LogP contribution in [-0.4, -0.2) is 75.5 Å². The number of carbonyl (C=O) groups is 3. The zero-order valence-corrected chi connectivity index (χ0v) is 44.1. The maximum absolute atomic E-state index is 12.8. The second-order valence-corrected chi connectivity index (χ2v) is 17.6. The summed E-state index contributed by atoms with van der Waals surface area (Å²) >= 11 is 0. The van der Waals surface area contributed by atoms with Crippen LogP contribution in [0.3, 0.4) is 0 Å². The predicted octanol–water partition coefficient (Wildman–Crippen LogP) is 14.3. The number of hydrogen-bond acceptors (Lipinski definition) is 7. The number of likely N-dealkylation sites (N-methyl/N-ethyl adjacent to an activating group) is 1. The summed E-state index contributed by atoms with van der Waals surface area (Å²) in [7, 11) is 5.36. The van der Waals surface area contributed by atoms with Gasteiger partial charge in [-0.1, -0.05) is 184 Å². The van der Waals surface area contributed by atoms with Crippen molar-refractivity contribution in [2.75, 3.05) is 41.0 Å². The third-order valence-electron chi connectivity index (χ3n) is 10.3. The largest absolute Gasteiger partial charge is 0.544 e. The predicted molar refractivity (Wildman–Crippen MR) is 295 cm³/mol. The van der Waals surface area contributed by atoms with Gasteiger partial charge >= 0.3 is 11.9 Å². The molecule has 70 heavy (non-hydrogen) atoms. The van der Waals surface area contributed by atoms with E-state index in [1.165, 1.54) is 0 Å². The van der Waals surface area contributed by atoms with E-state index in [4.69, 9.17) is 14.2 Å². The van der Waals surface area contributed by atoms with Gasteiger partial charge in [-0.3, -0.25) is 9.59 Å². The van der Waals surface area contributed by atoms with Gasteiger partial charge in [-0.2, -0.15) is 0 Å². The highest BCUT2D eigenvalue weighted by Gasteiger charge is 2.25. The molecule has 2 unspecified atom stereocenters. The Morgan fingerprint density at radius 1 is 0.429 bits per heavy atom. The van der Waals surface area contributed by atoms with Gasteiger partial charge in [0.05, 0.1) is 40.3 Å². The summed E-state index contributed by atoms with van der Waals surface area (Å²) in [5.74, 6) is -1.92. The van der Waals surface area contributed by atoms with Gasteiger partial charge in [0.1, 0.15) is 12.6 Å². The van der Waals surface area contributed by atoms with Crippen molar-refractivity contribution < 1.29 is 38.2 Å². The molecule has 0 saturated carbocycles. The number of aliphatic carboxylic acids is 1. The van der Waals surface area contributed by atoms with Gasteiger partial charge in [0.15, 0.2) is 6.10 Å². The van der Waals surface area contributed by atoms with Gasteiger partial charge in [0.2, 0.25) is 0 Å². The monoisotopic (exact) mass is 964 g/mol. The zero-order chi connectivity index (χ0) is 51.3. The average Bonchev–Trinajstić information content (AvgIpc) is 3.33. The average molecular weight is 964 g/mol. The Morgan fingerprint density at radius 2 is 0.729 bits per heavy atom. The van der Waals surface area contributed by atoms with E-state index >= 15 is 0 Å². The van der Waals surface area contributed by atoms with Crippen LogP contribution >= 0.6 is 0 Å². The minimum absolute atomic E-state index is 0.0148. The highest BCUT2D eigenvalue weighted by Crippen LogP contribution is 2.10. The number of nitrogens with zero attached hydrogens (tertiary/aromatic N) is 1. The number of unbranched alkanes of at least 4 members (excludes halogenated alkanes) is 2. The van der Waals surface area contributed by atoms with E-state index < -0.39 is 24.1 Å². The van der Waals surface area contributed by atoms with E-state index in [0.29, 0.717) is 12.8 Å². The van der Waals surface area contributed by atoms with Gasteiger partial charge in [-0.15, -0.1) is 0 Å². The SMILES string of the molecule is CC/C=C/C/C=C/C/C=C/C/C=C/C/C=C/C/C=C/C/C=C/CCCC(=O)OCC(COCCC(C(=O)[O-])[N+](C)(C)C)OC(=O)CCC/C=C/C/C=C/C/C=C/C/C=C/C/C=C/C/C=C/C/C=C/CC. The molecule has 0 aromatic heterocycles. The Hall–Kier alpha value is -5.31. The fraction of sp³-hybridized carbons (Fsp3) is 0.500. The molecule has 0 heterocycles. The quantitative estimate of drug-likeness (QED) is 0.0259. The smallest absolute Gasteiger partial charge is 0.306 e. The van der Waals surface area contributed by atoms with E-state index in [0.717, 1.165) is 103 Å². The van der Waals surface area contributed by atoms with Gasteiger partial charge in [-0.25, -0.2) is 0 Å². The molecule has 0 N–H and O–H groups in total. The Labute approximate surface area is 426 Å². The molecule has 0 bridgehead atoms. The summed E-state index contributed by atoms with van der Waals surface area (Å²) in [6.45, 7) is 4.28. The molecule has 0 radical (unpaired) electrons. The van der Waals surface area contributed by atoms with Crippen LogP contribution in [-0.2, 0) is 28.6 Å². The number of quaternary nitrogens is 1. The molecule has 0 rings (SSSR count). The number of rotatable bonds is 44. The van der Waals surface area contributed by atoms with Crippen LogP contribution in [0.1, 0.15) is 149 Å². The first kappa shape index (κ1) is 64.7. The molecular weight excluding hydrogens is 871 g/mol. The summed E-state index contributed by atoms with van der Waals surface area (Å²) in [5.41, 5.74) is 0. The Bertz CT molecular complexity index is 1740. The first-order valence-corrected chi connectivity index (χ1v) is 26.2. The Morgan fingerprint density at radius 3 is 1.03 bits per heavy atom. The first-order chi connectivity index (χ1) is 34.1. The van der Waals surface area contributed by atoms with Crippen molar-refractivity contribution in [1.29, 1.82) is 0 Å². The third-order valence-corrected chi connectivity index (χ3v) is 10.3. The zero-order valence-electron chi connectivity index (χ0n) is 44.1. The molecule has 0 spiro atoms. The van der Waals surface area contributed by atoms with Gasteiger partial charge in [0, 0.05) is 19.3 Å². The lowest BCUT2D eigenvalue weighted by atomic mass is 10.1. The molecule has 0 fully saturated rings. The maximum Gasteiger partial charge on any atom is 0.306 e. The molecule has 0 aliphatic carbocycles. The van der Waals surface area contributed by atoms with Crippen molar-refractivity contribution in [3.05, 3.63) is 170 Å². The molecule has 0 aliphatic heterocycles. The minimum Gasteiger partial charge on any atom is -0.544 e. The Balaban J connectivity index is 4.50. The van der Waals surface area contributed by atoms with E-state index in [1.54, 1.807) is 21.1 Å². The summed E-state index contributed by atoms with van der Waals surface area (Å²) in [5, 5.41) is 11.7. The molecule has 0 aromatic carbocycles. The van der Waals surface area contributed by atoms with Crippen LogP contribution in [0.25, 0.3) is 0 Å². The molecule has 0 saturated heterocycles. The molecular formula is C62H93NO7. The van der Waals surface area contributed by atoms with Crippen LogP contribution in [0, 0.1) is 0 Å². The number of carbonyl (C=O) groups excluding carboxylic acids is 3. The second kappa shape index (κ2) is 50.1. The number of carboxylic acids is 1. The van der Waals surface area contributed by atoms with Crippen LogP contribution in [0.5, 0.6) is 0 Å². The van der Waals surface area contributed by atoms with Crippen LogP contribution in [0.4, 0.5) is 0 Å². The molecule has 2 atom stereocenters. The maximum atomic E-state index is 12.8. The van der Waals surface area contributed by atoms with Crippen LogP contribution in [0.15, 0.2) is 170 Å². The second-order valence-electron chi connectivity index (χ2n) is 17.6. The fourth-order valence-corrected chi connectivity index (χ4v) is 6.40. The molecule has 0 aliphatic rings. The van der Waals surface area contributed by atoms with Crippen molar-refractivity contribution in [3.8, 4) is 0 Å². The lowest BCUT2D eigenvalue weighted by Crippen LogP contribution is -2.55. The lowest BCUT2D eigenvalue weighted by molar-refractivity contribution is -0.889. The van der Waals surface area contributed by atoms with E-state index in [2.05, 4.69) is 184 Å². The molecule has 8 heteroatoms. The third kappa shape index (κ3) is 47.7. The topological polar surface area (TPSA) is 102 Å². The first-order valence-electron chi connectivity index (χ1n) is 26.2. The molecule has 0 aromatic rings. The number of allylic oxidation sites excluding steroid dienone is 28. The Kier molecular flexibility index (Phi) is 46.3. The highest BCUT2D eigenvalue weighted by atomic mass is 16.6. The van der Waals surface area contributed by atoms with E-state index in [9.17, 15) is 19.5 Å². The standard InChI is InChI=1S/C62H93NO7/c1-6-8-10-12-14-16-18-20-22-24-26-28-30-32-34-36-38-40-42-44-46-48-50-52-60(64)69-57-58(56-68-55-54-59(62(66)67)63(3,4)5)70-61(65)53-51-49-47-45-43-41-39-37-35-33-31-29-27-25-23-21-19-17-15-13-11-9-7-2/h8-11,14-17,20-23,26-29,32-35,38-41,44-47,58-59H,6-7,12-13,18-19,24-25,30-31,36-37,42-43,48-57H2,1-5H3/b10-8+,11-9+,16-14+,17-15+,22-20+,23-21+,28-26+,29-27+,34-32+,35-33+,40-38+,41-39+,46-44+,47-45+. The van der Waals surface area contributed by atoms with Gasteiger partial charge in [0.25, 0.3) is 0 Å². The highest BCUT2D eigenvalue weighted by molar-refractivity contribution is 5.70. The van der Waals surface area contributed by atoms with Crippen molar-refractivity contribution in [1.82, 2.24) is 0 Å². The lowest BCUT2D eigenvalue weighted by Gasteiger charge is -2.34. The van der Waals surface area contributed by atoms with Gasteiger partial charge in [-0.05, 0) is 116 Å². The van der Waals surface area contributed by atoms with Crippen molar-refractivity contribution in [3.63, 3.8) is 0 Å². The summed E-state index contributed by atoms with van der Waals surface area (Å²) < 4.78 is 17.1. The summed E-state index contributed by atoms with van der Waals surface area (Å²) in [4.78, 5) is 37.0. The van der Waals surface area contributed by atoms with Crippen molar-refractivity contribution in [2.24, 2.45) is 0 Å². The normalized spacial score (nSPS) is 14.2. The van der Waals surface area contributed by atoms with Gasteiger partial charge < -0.3 is 28.6 Å². The molecule has 388 valence electrons. The number of carboxylic acid groups (broad SMARTS) is 1. The number of esters is 2. The number of hydrogen-bond donors (Lipinski definition) is 0. The van der Waals surface area contributed by atoms with E-state index in [1.807, 2.05) is 0 Å². The fourth-order valence-electron chi connectivity index (χ4n) is 6.40. The van der Waals surface area contributed by atoms with E-state index in [-0.39, 0.29) is 49.5 Å². The van der Waals surface area contributed by atoms with Crippen molar-refractivity contribution >= 4 is 17.9 Å². The van der Waals surface area contributed by atoms with Crippen LogP contribution < -0.4 is 5.11 Å². The van der Waals surface area contributed by atoms with Crippen molar-refractivity contribution in [2.45, 2.75) is 161 Å². The summed E-state index contributed by atoms with van der Waals surface area (Å²) in [6.07, 6.45) is 76.9. The summed E-state index contributed by atoms with van der Waals surface area (Å²) in [6, 6.07) is -0.758. The minimum atomic E-state index is -1.15.